The normalized spacial score (nSPS) is 17.1. The molecule has 1 saturated carbocycles. The number of nitrogens with zero attached hydrogens (tertiary/aromatic N) is 2. The number of morpholine rings is 1. The van der Waals surface area contributed by atoms with Crippen LogP contribution in [0.3, 0.4) is 0 Å². The van der Waals surface area contributed by atoms with E-state index in [4.69, 9.17) is 9.47 Å². The van der Waals surface area contributed by atoms with Crippen LogP contribution in [-0.2, 0) is 16.0 Å². The van der Waals surface area contributed by atoms with Gasteiger partial charge in [-0.3, -0.25) is 4.90 Å². The first kappa shape index (κ1) is 22.3. The number of methoxy groups -OCH3 is 1. The zero-order chi connectivity index (χ0) is 22.3. The van der Waals surface area contributed by atoms with Crippen LogP contribution in [0.1, 0.15) is 59.5 Å². The first-order valence-corrected chi connectivity index (χ1v) is 11.6. The van der Waals surface area contributed by atoms with Gasteiger partial charge in [-0.2, -0.15) is 0 Å². The Morgan fingerprint density at radius 1 is 1.03 bits per heavy atom. The zero-order valence-corrected chi connectivity index (χ0v) is 18.8. The summed E-state index contributed by atoms with van der Waals surface area (Å²) < 4.78 is 10.2. The Morgan fingerprint density at radius 2 is 1.75 bits per heavy atom. The summed E-state index contributed by atoms with van der Waals surface area (Å²) in [5, 5.41) is 0. The van der Waals surface area contributed by atoms with E-state index in [1.54, 1.807) is 12.1 Å². The summed E-state index contributed by atoms with van der Waals surface area (Å²) in [5.74, 6) is 0.210. The van der Waals surface area contributed by atoms with Crippen molar-refractivity contribution in [2.24, 2.45) is 0 Å². The second-order valence-electron chi connectivity index (χ2n) is 8.59. The van der Waals surface area contributed by atoms with E-state index < -0.39 is 0 Å². The molecule has 0 radical (unpaired) electrons. The van der Waals surface area contributed by atoms with Crippen LogP contribution in [0.25, 0.3) is 0 Å². The van der Waals surface area contributed by atoms with Crippen LogP contribution in [-0.4, -0.2) is 50.3 Å². The number of urea groups is 1. The number of carbonyl (C=O) groups is 2. The number of benzene rings is 2. The van der Waals surface area contributed by atoms with Crippen molar-refractivity contribution >= 4 is 17.7 Å². The summed E-state index contributed by atoms with van der Waals surface area (Å²) in [6.45, 7) is 2.76. The number of esters is 1. The highest BCUT2D eigenvalue weighted by Crippen LogP contribution is 2.34. The smallest absolute Gasteiger partial charge is 0.337 e. The topological polar surface area (TPSA) is 59.1 Å². The lowest BCUT2D eigenvalue weighted by molar-refractivity contribution is 0.0548. The Morgan fingerprint density at radius 3 is 2.44 bits per heavy atom. The number of rotatable bonds is 5. The molecule has 1 heterocycles. The fraction of sp³-hybridized carbons (Fsp3) is 0.462. The van der Waals surface area contributed by atoms with Gasteiger partial charge < -0.3 is 14.4 Å². The van der Waals surface area contributed by atoms with Gasteiger partial charge in [0.25, 0.3) is 0 Å². The highest BCUT2D eigenvalue weighted by molar-refractivity contribution is 5.92. The average Bonchev–Trinajstić information content (AvgIpc) is 2.88. The molecule has 0 bridgehead atoms. The van der Waals surface area contributed by atoms with Gasteiger partial charge in [0.1, 0.15) is 0 Å². The average molecular weight is 437 g/mol. The minimum atomic E-state index is -0.363. The van der Waals surface area contributed by atoms with E-state index in [0.717, 1.165) is 11.3 Å². The third kappa shape index (κ3) is 5.30. The van der Waals surface area contributed by atoms with E-state index in [1.807, 2.05) is 28.0 Å². The van der Waals surface area contributed by atoms with Crippen molar-refractivity contribution < 1.29 is 19.1 Å². The largest absolute Gasteiger partial charge is 0.465 e. The third-order valence-electron chi connectivity index (χ3n) is 6.49. The van der Waals surface area contributed by atoms with Crippen LogP contribution < -0.4 is 4.90 Å². The number of hydrogen-bond donors (Lipinski definition) is 0. The summed E-state index contributed by atoms with van der Waals surface area (Å²) in [7, 11) is 1.37. The van der Waals surface area contributed by atoms with Gasteiger partial charge in [0.15, 0.2) is 0 Å². The molecule has 2 aliphatic rings. The molecule has 0 N–H and O–H groups in total. The standard InChI is InChI=1S/C26H32N2O4/c1-31-25(29)22-12-10-20(11-13-22)19-28(26(30)27-14-16-32-17-15-27)24-9-5-8-23(18-24)21-6-3-2-4-7-21/h5,8-13,18,21H,2-4,6-7,14-17,19H2,1H3. The fourth-order valence-corrected chi connectivity index (χ4v) is 4.62. The maximum absolute atomic E-state index is 13.5. The van der Waals surface area contributed by atoms with Crippen LogP contribution >= 0.6 is 0 Å². The minimum Gasteiger partial charge on any atom is -0.465 e. The molecular weight excluding hydrogens is 404 g/mol. The maximum Gasteiger partial charge on any atom is 0.337 e. The van der Waals surface area contributed by atoms with Gasteiger partial charge in [0.05, 0.1) is 32.4 Å². The first-order chi connectivity index (χ1) is 15.7. The van der Waals surface area contributed by atoms with Gasteiger partial charge in [-0.15, -0.1) is 0 Å². The summed E-state index contributed by atoms with van der Waals surface area (Å²) in [4.78, 5) is 29.0. The quantitative estimate of drug-likeness (QED) is 0.621. The summed E-state index contributed by atoms with van der Waals surface area (Å²) in [5.41, 5.74) is 3.70. The third-order valence-corrected chi connectivity index (χ3v) is 6.49. The van der Waals surface area contributed by atoms with E-state index in [0.29, 0.717) is 44.3 Å². The van der Waals surface area contributed by atoms with Crippen LogP contribution in [0.4, 0.5) is 10.5 Å². The van der Waals surface area contributed by atoms with Crippen LogP contribution in [0.15, 0.2) is 48.5 Å². The molecule has 2 amide bonds. The molecule has 0 atom stereocenters. The Bertz CT molecular complexity index is 916. The fourth-order valence-electron chi connectivity index (χ4n) is 4.62. The lowest BCUT2D eigenvalue weighted by atomic mass is 9.84. The Balaban J connectivity index is 1.60. The number of ether oxygens (including phenoxy) is 2. The van der Waals surface area contributed by atoms with Gasteiger partial charge in [0.2, 0.25) is 0 Å². The molecule has 0 aromatic heterocycles. The van der Waals surface area contributed by atoms with E-state index in [-0.39, 0.29) is 12.0 Å². The molecule has 2 aromatic rings. The Kier molecular flexibility index (Phi) is 7.43. The van der Waals surface area contributed by atoms with E-state index in [9.17, 15) is 9.59 Å². The molecule has 6 heteroatoms. The summed E-state index contributed by atoms with van der Waals surface area (Å²) >= 11 is 0. The van der Waals surface area contributed by atoms with Crippen molar-refractivity contribution in [2.75, 3.05) is 38.3 Å². The predicted molar refractivity (Wildman–Crippen MR) is 124 cm³/mol. The van der Waals surface area contributed by atoms with E-state index in [1.165, 1.54) is 44.8 Å². The maximum atomic E-state index is 13.5. The second kappa shape index (κ2) is 10.6. The number of hydrogen-bond acceptors (Lipinski definition) is 4. The number of carbonyl (C=O) groups excluding carboxylic acids is 2. The lowest BCUT2D eigenvalue weighted by Gasteiger charge is -2.33. The molecule has 170 valence electrons. The van der Waals surface area contributed by atoms with Crippen LogP contribution in [0, 0.1) is 0 Å². The van der Waals surface area contributed by atoms with Gasteiger partial charge in [-0.25, -0.2) is 9.59 Å². The van der Waals surface area contributed by atoms with E-state index in [2.05, 4.69) is 18.2 Å². The van der Waals surface area contributed by atoms with Crippen molar-refractivity contribution in [3.05, 3.63) is 65.2 Å². The molecule has 4 rings (SSSR count). The van der Waals surface area contributed by atoms with Crippen molar-refractivity contribution in [1.29, 1.82) is 0 Å². The Hall–Kier alpha value is -2.86. The molecule has 1 saturated heterocycles. The first-order valence-electron chi connectivity index (χ1n) is 11.6. The summed E-state index contributed by atoms with van der Waals surface area (Å²) in [6, 6.07) is 15.7. The van der Waals surface area contributed by atoms with Gasteiger partial charge in [0, 0.05) is 18.8 Å². The minimum absolute atomic E-state index is 0.00820. The molecule has 0 spiro atoms. The van der Waals surface area contributed by atoms with Crippen molar-refractivity contribution in [2.45, 2.75) is 44.6 Å². The van der Waals surface area contributed by atoms with Gasteiger partial charge in [-0.05, 0) is 54.2 Å². The molecule has 2 fully saturated rings. The predicted octanol–water partition coefficient (Wildman–Crippen LogP) is 4.98. The van der Waals surface area contributed by atoms with Gasteiger partial charge in [-0.1, -0.05) is 43.5 Å². The SMILES string of the molecule is COC(=O)c1ccc(CN(C(=O)N2CCOCC2)c2cccc(C3CCCCC3)c2)cc1. The molecular formula is C26H32N2O4. The van der Waals surface area contributed by atoms with Crippen LogP contribution in [0.5, 0.6) is 0 Å². The van der Waals surface area contributed by atoms with Crippen molar-refractivity contribution in [1.82, 2.24) is 4.90 Å². The molecule has 2 aromatic carbocycles. The monoisotopic (exact) mass is 436 g/mol. The molecule has 1 aliphatic carbocycles. The zero-order valence-electron chi connectivity index (χ0n) is 18.8. The highest BCUT2D eigenvalue weighted by atomic mass is 16.5. The van der Waals surface area contributed by atoms with Crippen molar-refractivity contribution in [3.63, 3.8) is 0 Å². The summed E-state index contributed by atoms with van der Waals surface area (Å²) in [6.07, 6.45) is 6.31. The molecule has 0 unspecified atom stereocenters. The molecule has 6 nitrogen and oxygen atoms in total. The van der Waals surface area contributed by atoms with Crippen LogP contribution in [0.2, 0.25) is 0 Å². The Labute approximate surface area is 190 Å². The highest BCUT2D eigenvalue weighted by Gasteiger charge is 2.25. The lowest BCUT2D eigenvalue weighted by Crippen LogP contribution is -2.48. The van der Waals surface area contributed by atoms with Crippen molar-refractivity contribution in [3.8, 4) is 0 Å². The van der Waals surface area contributed by atoms with Gasteiger partial charge >= 0.3 is 12.0 Å². The second-order valence-corrected chi connectivity index (χ2v) is 8.59. The number of anilines is 1. The molecule has 32 heavy (non-hydrogen) atoms. The number of amides is 2. The molecule has 1 aliphatic heterocycles. The van der Waals surface area contributed by atoms with E-state index >= 15 is 0 Å².